The molecule has 0 aromatic rings. The van der Waals surface area contributed by atoms with Crippen LogP contribution in [0.3, 0.4) is 0 Å². The summed E-state index contributed by atoms with van der Waals surface area (Å²) in [5.74, 6) is -2.00. The Bertz CT molecular complexity index is 1840. The molecule has 0 amide bonds. The average molecular weight is 1210 g/mol. The monoisotopic (exact) mass is 1210 g/mol. The fourth-order valence-corrected chi connectivity index (χ4v) is 9.83. The molecule has 0 aromatic carbocycles. The van der Waals surface area contributed by atoms with E-state index in [0.29, 0.717) is 17.4 Å². The zero-order valence-electron chi connectivity index (χ0n) is 56.9. The topological polar surface area (TPSA) is 108 Å². The van der Waals surface area contributed by atoms with E-state index in [9.17, 15) is 19.5 Å². The number of aliphatic carboxylic acids is 1. The van der Waals surface area contributed by atoms with E-state index in [-0.39, 0.29) is 32.2 Å². The number of esters is 2. The fourth-order valence-electron chi connectivity index (χ4n) is 9.83. The molecule has 0 saturated carbocycles. The minimum atomic E-state index is -1.52. The molecule has 0 aliphatic heterocycles. The van der Waals surface area contributed by atoms with Gasteiger partial charge in [-0.1, -0.05) is 302 Å². The van der Waals surface area contributed by atoms with Crippen LogP contribution in [-0.4, -0.2) is 87.4 Å². The lowest BCUT2D eigenvalue weighted by Crippen LogP contribution is -2.40. The van der Waals surface area contributed by atoms with Crippen LogP contribution in [0.25, 0.3) is 0 Å². The van der Waals surface area contributed by atoms with Gasteiger partial charge in [0.05, 0.1) is 34.4 Å². The molecule has 2 atom stereocenters. The molecule has 0 fully saturated rings. The second-order valence-corrected chi connectivity index (χ2v) is 24.8. The normalized spacial score (nSPS) is 13.4. The van der Waals surface area contributed by atoms with E-state index >= 15 is 0 Å². The fraction of sp³-hybridized carbons (Fsp3) is 0.705. The lowest BCUT2D eigenvalue weighted by atomic mass is 10.0. The number of quaternary nitrogens is 1. The first-order chi connectivity index (χ1) is 42.6. The largest absolute Gasteiger partial charge is 0.477 e. The number of rotatable bonds is 65. The number of carbonyl (C=O) groups is 3. The van der Waals surface area contributed by atoms with Crippen molar-refractivity contribution in [1.82, 2.24) is 0 Å². The number of hydrogen-bond acceptors (Lipinski definition) is 7. The predicted octanol–water partition coefficient (Wildman–Crippen LogP) is 22.4. The molecule has 0 bridgehead atoms. The van der Waals surface area contributed by atoms with E-state index in [1.165, 1.54) is 161 Å². The molecule has 0 aliphatic carbocycles. The molecule has 0 rings (SSSR count). The Kier molecular flexibility index (Phi) is 64.3. The number of unbranched alkanes of at least 4 members (excludes halogenated alkanes) is 30. The van der Waals surface area contributed by atoms with Crippen molar-refractivity contribution in [2.45, 2.75) is 309 Å². The molecule has 0 heterocycles. The standard InChI is InChI=1S/C78H133NO8/c1-6-8-10-12-14-16-18-20-22-24-26-28-30-31-32-33-34-35-36-37-38-39-40-41-42-43-44-45-47-49-51-53-55-57-59-61-63-65-67-69-76(81)87-74(73-86-78(77(82)83)84-71-70-79(3,4)5)72-85-75(80)68-66-64-62-60-58-56-54-52-50-48-46-29-27-25-23-21-19-17-15-13-11-9-7-2/h8-11,14-17,20-23,26-29,31-32,34-35,74,78H,6-7,12-13,18-19,24-25,30,33,36-73H2,1-5H3/p+1/b10-8-,11-9-,16-14-,17-15-,22-20-,23-21-,28-26-,29-27-,32-31-,35-34-. The second kappa shape index (κ2) is 67.6. The van der Waals surface area contributed by atoms with Crippen LogP contribution in [0.4, 0.5) is 0 Å². The molecule has 0 radical (unpaired) electrons. The lowest BCUT2D eigenvalue weighted by molar-refractivity contribution is -0.870. The number of likely N-dealkylation sites (N-methyl/N-ethyl adjacent to an activating group) is 1. The molecular formula is C78H134NO8+. The van der Waals surface area contributed by atoms with E-state index in [1.807, 2.05) is 21.1 Å². The van der Waals surface area contributed by atoms with Crippen LogP contribution in [0.15, 0.2) is 122 Å². The van der Waals surface area contributed by atoms with Crippen molar-refractivity contribution < 1.29 is 42.9 Å². The number of ether oxygens (including phenoxy) is 4. The third-order valence-electron chi connectivity index (χ3n) is 15.2. The van der Waals surface area contributed by atoms with Gasteiger partial charge in [-0.05, 0) is 103 Å². The van der Waals surface area contributed by atoms with Crippen LogP contribution < -0.4 is 0 Å². The quantitative estimate of drug-likeness (QED) is 0.0211. The van der Waals surface area contributed by atoms with Gasteiger partial charge in [-0.2, -0.15) is 0 Å². The molecule has 498 valence electrons. The first-order valence-corrected chi connectivity index (χ1v) is 35.7. The highest BCUT2D eigenvalue weighted by Gasteiger charge is 2.25. The van der Waals surface area contributed by atoms with Crippen LogP contribution in [0.5, 0.6) is 0 Å². The van der Waals surface area contributed by atoms with Gasteiger partial charge in [0.15, 0.2) is 6.10 Å². The molecule has 1 N–H and O–H groups in total. The molecule has 0 aliphatic rings. The Labute approximate surface area is 536 Å². The summed E-state index contributed by atoms with van der Waals surface area (Å²) in [6.07, 6.45) is 93.2. The first kappa shape index (κ1) is 82.7. The van der Waals surface area contributed by atoms with Gasteiger partial charge in [0.2, 0.25) is 0 Å². The minimum absolute atomic E-state index is 0.184. The Balaban J connectivity index is 4.05. The highest BCUT2D eigenvalue weighted by Crippen LogP contribution is 2.18. The van der Waals surface area contributed by atoms with E-state index in [2.05, 4.69) is 135 Å². The van der Waals surface area contributed by atoms with E-state index < -0.39 is 24.3 Å². The summed E-state index contributed by atoms with van der Waals surface area (Å²) >= 11 is 0. The number of carboxylic acid groups (broad SMARTS) is 1. The third kappa shape index (κ3) is 69.0. The van der Waals surface area contributed by atoms with Crippen LogP contribution >= 0.6 is 0 Å². The van der Waals surface area contributed by atoms with Gasteiger partial charge in [-0.25, -0.2) is 4.79 Å². The zero-order valence-corrected chi connectivity index (χ0v) is 56.9. The average Bonchev–Trinajstić information content (AvgIpc) is 3.55. The van der Waals surface area contributed by atoms with Crippen molar-refractivity contribution in [2.24, 2.45) is 0 Å². The zero-order chi connectivity index (χ0) is 63.3. The number of hydrogen-bond donors (Lipinski definition) is 1. The number of carboxylic acids is 1. The predicted molar refractivity (Wildman–Crippen MR) is 373 cm³/mol. The molecule has 87 heavy (non-hydrogen) atoms. The maximum absolute atomic E-state index is 13.0. The summed E-state index contributed by atoms with van der Waals surface area (Å²) in [5.41, 5.74) is 0. The molecule has 2 unspecified atom stereocenters. The highest BCUT2D eigenvalue weighted by molar-refractivity contribution is 5.71. The number of allylic oxidation sites excluding steroid dienone is 20. The Morgan fingerprint density at radius 2 is 0.621 bits per heavy atom. The van der Waals surface area contributed by atoms with Gasteiger partial charge in [0.1, 0.15) is 13.2 Å². The van der Waals surface area contributed by atoms with Crippen molar-refractivity contribution in [3.05, 3.63) is 122 Å². The van der Waals surface area contributed by atoms with Gasteiger partial charge >= 0.3 is 17.9 Å². The van der Waals surface area contributed by atoms with Crippen LogP contribution in [0.1, 0.15) is 296 Å². The summed E-state index contributed by atoms with van der Waals surface area (Å²) in [5, 5.41) is 9.75. The summed E-state index contributed by atoms with van der Waals surface area (Å²) in [7, 11) is 5.98. The molecule has 9 nitrogen and oxygen atoms in total. The van der Waals surface area contributed by atoms with Gasteiger partial charge in [0, 0.05) is 12.8 Å². The second-order valence-electron chi connectivity index (χ2n) is 24.8. The first-order valence-electron chi connectivity index (χ1n) is 35.7. The van der Waals surface area contributed by atoms with Crippen molar-refractivity contribution in [1.29, 1.82) is 0 Å². The minimum Gasteiger partial charge on any atom is -0.477 e. The lowest BCUT2D eigenvalue weighted by Gasteiger charge is -2.25. The van der Waals surface area contributed by atoms with Crippen molar-refractivity contribution >= 4 is 17.9 Å². The van der Waals surface area contributed by atoms with Gasteiger partial charge < -0.3 is 28.5 Å². The van der Waals surface area contributed by atoms with E-state index in [1.54, 1.807) is 0 Å². The number of carbonyl (C=O) groups excluding carboxylic acids is 2. The van der Waals surface area contributed by atoms with E-state index in [4.69, 9.17) is 18.9 Å². The summed E-state index contributed by atoms with van der Waals surface area (Å²) in [4.78, 5) is 37.6. The maximum atomic E-state index is 13.0. The van der Waals surface area contributed by atoms with Crippen molar-refractivity contribution in [3.63, 3.8) is 0 Å². The third-order valence-corrected chi connectivity index (χ3v) is 15.2. The maximum Gasteiger partial charge on any atom is 0.361 e. The summed E-state index contributed by atoms with van der Waals surface area (Å²) in [6.45, 7) is 4.67. The van der Waals surface area contributed by atoms with Crippen LogP contribution in [0.2, 0.25) is 0 Å². The Morgan fingerprint density at radius 1 is 0.345 bits per heavy atom. The Hall–Kier alpha value is -4.31. The van der Waals surface area contributed by atoms with Crippen molar-refractivity contribution in [3.8, 4) is 0 Å². The molecule has 9 heteroatoms. The Morgan fingerprint density at radius 3 is 0.920 bits per heavy atom. The van der Waals surface area contributed by atoms with E-state index in [0.717, 1.165) is 109 Å². The molecule has 0 spiro atoms. The highest BCUT2D eigenvalue weighted by atomic mass is 16.7. The van der Waals surface area contributed by atoms with Gasteiger partial charge in [0.25, 0.3) is 6.29 Å². The number of nitrogens with zero attached hydrogens (tertiary/aromatic N) is 1. The van der Waals surface area contributed by atoms with Crippen molar-refractivity contribution in [2.75, 3.05) is 47.5 Å². The summed E-state index contributed by atoms with van der Waals surface area (Å²) in [6, 6.07) is 0. The SMILES string of the molecule is CC/C=C\C/C=C\C/C=C\C/C=C\C/C=C\C/C=C\CCCCCCCCCCCCCCCCCCCCCCC(=O)OC(COC(=O)CCCCCCCCCCCC/C=C\C/C=C\C/C=C\C/C=C\CC)COC(OCC[N+](C)(C)C)C(=O)O. The molecular weight excluding hydrogens is 1080 g/mol. The smallest absolute Gasteiger partial charge is 0.361 e. The van der Waals surface area contributed by atoms with Gasteiger partial charge in [-0.15, -0.1) is 0 Å². The summed E-state index contributed by atoms with van der Waals surface area (Å²) < 4.78 is 23.0. The molecule has 0 saturated heterocycles. The van der Waals surface area contributed by atoms with Crippen LogP contribution in [0, 0.1) is 0 Å². The molecule has 0 aromatic heterocycles. The van der Waals surface area contributed by atoms with Gasteiger partial charge in [-0.3, -0.25) is 9.59 Å². The van der Waals surface area contributed by atoms with Crippen LogP contribution in [-0.2, 0) is 33.3 Å².